The summed E-state index contributed by atoms with van der Waals surface area (Å²) in [5, 5.41) is 24.4. The van der Waals surface area contributed by atoms with Crippen molar-refractivity contribution in [2.45, 2.75) is 56.7 Å². The smallest absolute Gasteiger partial charge is 0.318 e. The van der Waals surface area contributed by atoms with Crippen molar-refractivity contribution in [3.05, 3.63) is 65.2 Å². The minimum absolute atomic E-state index is 0.0900. The Kier molecular flexibility index (Phi) is 7.19. The largest absolute Gasteiger partial charge is 0.508 e. The number of aliphatic carboxylic acids is 1. The predicted octanol–water partition coefficient (Wildman–Crippen LogP) is 3.05. The first kappa shape index (κ1) is 22.5. The van der Waals surface area contributed by atoms with Crippen molar-refractivity contribution in [3.8, 4) is 5.75 Å². The maximum Gasteiger partial charge on any atom is 0.318 e. The number of rotatable bonds is 8. The third-order valence-corrected chi connectivity index (χ3v) is 6.60. The molecule has 2 aromatic carbocycles. The van der Waals surface area contributed by atoms with Gasteiger partial charge in [-0.05, 0) is 48.2 Å². The topological polar surface area (TPSA) is 102 Å². The van der Waals surface area contributed by atoms with Crippen molar-refractivity contribution < 1.29 is 19.8 Å². The van der Waals surface area contributed by atoms with Crippen molar-refractivity contribution in [1.82, 2.24) is 15.8 Å². The fourth-order valence-corrected chi connectivity index (χ4v) is 4.98. The number of aromatic hydroxyl groups is 1. The Labute approximate surface area is 188 Å². The van der Waals surface area contributed by atoms with E-state index in [-0.39, 0.29) is 24.0 Å². The lowest BCUT2D eigenvalue weighted by Crippen LogP contribution is -2.57. The van der Waals surface area contributed by atoms with E-state index in [2.05, 4.69) is 16.8 Å². The zero-order valence-electron chi connectivity index (χ0n) is 18.2. The van der Waals surface area contributed by atoms with E-state index in [0.717, 1.165) is 24.0 Å². The van der Waals surface area contributed by atoms with E-state index in [0.29, 0.717) is 24.7 Å². The molecule has 170 valence electrons. The van der Waals surface area contributed by atoms with Gasteiger partial charge >= 0.3 is 5.97 Å². The average molecular weight is 438 g/mol. The molecule has 2 aromatic rings. The molecule has 4 rings (SSSR count). The lowest BCUT2D eigenvalue weighted by molar-refractivity contribution is -0.137. The summed E-state index contributed by atoms with van der Waals surface area (Å²) in [6.45, 7) is 0.823. The summed E-state index contributed by atoms with van der Waals surface area (Å²) in [6, 6.07) is 14.2. The normalized spacial score (nSPS) is 21.8. The van der Waals surface area contributed by atoms with Gasteiger partial charge in [0, 0.05) is 30.6 Å². The molecule has 7 heteroatoms. The summed E-state index contributed by atoms with van der Waals surface area (Å²) >= 11 is 0. The summed E-state index contributed by atoms with van der Waals surface area (Å²) in [5.41, 5.74) is 5.69. The second kappa shape index (κ2) is 10.3. The molecule has 1 heterocycles. The quantitative estimate of drug-likeness (QED) is 0.471. The Morgan fingerprint density at radius 2 is 1.72 bits per heavy atom. The first-order chi connectivity index (χ1) is 15.5. The van der Waals surface area contributed by atoms with Crippen LogP contribution >= 0.6 is 0 Å². The van der Waals surface area contributed by atoms with Crippen LogP contribution in [0.15, 0.2) is 48.5 Å². The number of carbonyl (C=O) groups is 2. The fraction of sp³-hybridized carbons (Fsp3) is 0.440. The molecule has 4 N–H and O–H groups in total. The molecule has 0 aromatic heterocycles. The summed E-state index contributed by atoms with van der Waals surface area (Å²) in [4.78, 5) is 25.0. The number of hydrogen-bond donors (Lipinski definition) is 4. The second-order valence-electron chi connectivity index (χ2n) is 8.76. The van der Waals surface area contributed by atoms with Crippen molar-refractivity contribution >= 4 is 11.8 Å². The molecule has 2 atom stereocenters. The predicted molar refractivity (Wildman–Crippen MR) is 121 cm³/mol. The van der Waals surface area contributed by atoms with Crippen LogP contribution in [-0.4, -0.2) is 52.1 Å². The first-order valence-corrected chi connectivity index (χ1v) is 11.4. The Hall–Kier alpha value is -2.74. The number of hydrogen-bond acceptors (Lipinski definition) is 6. The van der Waals surface area contributed by atoms with Crippen molar-refractivity contribution in [2.75, 3.05) is 13.1 Å². The molecule has 0 bridgehead atoms. The van der Waals surface area contributed by atoms with Gasteiger partial charge in [0.1, 0.15) is 12.3 Å². The zero-order chi connectivity index (χ0) is 22.5. The van der Waals surface area contributed by atoms with E-state index >= 15 is 0 Å². The lowest BCUT2D eigenvalue weighted by Gasteiger charge is -2.42. The van der Waals surface area contributed by atoms with Crippen LogP contribution < -0.4 is 10.7 Å². The molecule has 1 saturated carbocycles. The molecule has 2 unspecified atom stereocenters. The standard InChI is InChI=1S/C25H31N3O4/c29-20-12-10-17(11-13-20)25(32)24-22(14-26-19-7-2-1-3-8-19)21-9-5-4-6-18(21)16-28(24)27-15-23(30)31/h4-6,9-13,19,22,24,26-27,29H,1-3,7-8,14-16H2,(H,30,31). The van der Waals surface area contributed by atoms with Crippen LogP contribution in [0.1, 0.15) is 59.5 Å². The third kappa shape index (κ3) is 5.18. The molecule has 0 saturated heterocycles. The average Bonchev–Trinajstić information content (AvgIpc) is 2.81. The van der Waals surface area contributed by atoms with Crippen molar-refractivity contribution in [3.63, 3.8) is 0 Å². The summed E-state index contributed by atoms with van der Waals surface area (Å²) in [5.74, 6) is -1.10. The zero-order valence-corrected chi connectivity index (χ0v) is 18.2. The Morgan fingerprint density at radius 1 is 1.00 bits per heavy atom. The Bertz CT molecular complexity index is 940. The number of ketones is 1. The Morgan fingerprint density at radius 3 is 2.44 bits per heavy atom. The number of nitrogens with one attached hydrogen (secondary N) is 2. The van der Waals surface area contributed by atoms with Crippen molar-refractivity contribution in [2.24, 2.45) is 0 Å². The van der Waals surface area contributed by atoms with Crippen LogP contribution in [0.4, 0.5) is 0 Å². The van der Waals surface area contributed by atoms with Crippen molar-refractivity contribution in [1.29, 1.82) is 0 Å². The minimum Gasteiger partial charge on any atom is -0.508 e. The SMILES string of the molecule is O=C(O)CNN1Cc2ccccc2C(CNC2CCCCC2)C1C(=O)c1ccc(O)cc1. The van der Waals surface area contributed by atoms with E-state index in [4.69, 9.17) is 0 Å². The van der Waals surface area contributed by atoms with Crippen LogP contribution in [-0.2, 0) is 11.3 Å². The van der Waals surface area contributed by atoms with Crippen LogP contribution in [0.5, 0.6) is 5.75 Å². The van der Waals surface area contributed by atoms with Crippen LogP contribution in [0.3, 0.4) is 0 Å². The maximum absolute atomic E-state index is 13.7. The summed E-state index contributed by atoms with van der Waals surface area (Å²) in [6.07, 6.45) is 6.01. The van der Waals surface area contributed by atoms with Gasteiger partial charge in [0.2, 0.25) is 0 Å². The highest BCUT2D eigenvalue weighted by Gasteiger charge is 2.40. The minimum atomic E-state index is -0.975. The van der Waals surface area contributed by atoms with E-state index in [1.807, 2.05) is 18.2 Å². The number of nitrogens with zero attached hydrogens (tertiary/aromatic N) is 1. The maximum atomic E-state index is 13.7. The Balaban J connectivity index is 1.66. The molecular weight excluding hydrogens is 406 g/mol. The van der Waals surface area contributed by atoms with E-state index in [1.165, 1.54) is 31.4 Å². The van der Waals surface area contributed by atoms with Gasteiger partial charge in [-0.25, -0.2) is 10.4 Å². The number of phenols is 1. The number of phenolic OH excluding ortho intramolecular Hbond substituents is 1. The number of fused-ring (bicyclic) bond motifs is 1. The molecule has 32 heavy (non-hydrogen) atoms. The summed E-state index contributed by atoms with van der Waals surface area (Å²) < 4.78 is 0. The fourth-order valence-electron chi connectivity index (χ4n) is 4.98. The van der Waals surface area contributed by atoms with Gasteiger partial charge in [0.15, 0.2) is 5.78 Å². The second-order valence-corrected chi connectivity index (χ2v) is 8.76. The van der Waals surface area contributed by atoms with Gasteiger partial charge in [-0.3, -0.25) is 9.59 Å². The van der Waals surface area contributed by atoms with E-state index in [1.54, 1.807) is 17.1 Å². The molecule has 0 radical (unpaired) electrons. The lowest BCUT2D eigenvalue weighted by atomic mass is 9.80. The highest BCUT2D eigenvalue weighted by molar-refractivity contribution is 6.01. The monoisotopic (exact) mass is 437 g/mol. The first-order valence-electron chi connectivity index (χ1n) is 11.4. The molecule has 0 spiro atoms. The van der Waals surface area contributed by atoms with E-state index in [9.17, 15) is 19.8 Å². The van der Waals surface area contributed by atoms with Gasteiger partial charge in [-0.1, -0.05) is 43.5 Å². The highest BCUT2D eigenvalue weighted by atomic mass is 16.4. The molecule has 1 aliphatic carbocycles. The molecule has 2 aliphatic rings. The van der Waals surface area contributed by atoms with Gasteiger partial charge in [-0.15, -0.1) is 0 Å². The number of carbonyl (C=O) groups excluding carboxylic acids is 1. The molecule has 1 aliphatic heterocycles. The van der Waals surface area contributed by atoms with Gasteiger partial charge in [0.25, 0.3) is 0 Å². The highest BCUT2D eigenvalue weighted by Crippen LogP contribution is 2.34. The third-order valence-electron chi connectivity index (χ3n) is 6.60. The van der Waals surface area contributed by atoms with Crippen LogP contribution in [0.2, 0.25) is 0 Å². The van der Waals surface area contributed by atoms with E-state index < -0.39 is 12.0 Å². The van der Waals surface area contributed by atoms with Crippen LogP contribution in [0, 0.1) is 0 Å². The number of carboxylic acid groups (broad SMARTS) is 1. The summed E-state index contributed by atoms with van der Waals surface area (Å²) in [7, 11) is 0. The van der Waals surface area contributed by atoms with Gasteiger partial charge in [0.05, 0.1) is 6.04 Å². The number of Topliss-reactive ketones (excluding diaryl/α,β-unsaturated/α-hetero) is 1. The molecular formula is C25H31N3O4. The number of benzene rings is 2. The van der Waals surface area contributed by atoms with Gasteiger partial charge < -0.3 is 15.5 Å². The number of hydrazine groups is 1. The van der Waals surface area contributed by atoms with Crippen LogP contribution in [0.25, 0.3) is 0 Å². The van der Waals surface area contributed by atoms with Gasteiger partial charge in [-0.2, -0.15) is 0 Å². The molecule has 0 amide bonds. The number of carboxylic acids is 1. The molecule has 7 nitrogen and oxygen atoms in total. The molecule has 1 fully saturated rings.